The Kier molecular flexibility index (Phi) is 5.89. The number of rotatable bonds is 3. The molecule has 0 bridgehead atoms. The second kappa shape index (κ2) is 7.67. The number of hydrogen-bond acceptors (Lipinski definition) is 0. The molecule has 3 aromatic rings. The van der Waals surface area contributed by atoms with Crippen molar-refractivity contribution in [1.82, 2.24) is 0 Å². The van der Waals surface area contributed by atoms with Crippen LogP contribution in [0.15, 0.2) is 91.0 Å². The van der Waals surface area contributed by atoms with E-state index in [4.69, 9.17) is 0 Å². The summed E-state index contributed by atoms with van der Waals surface area (Å²) in [6.07, 6.45) is 0. The average Bonchev–Trinajstić information content (AvgIpc) is 2.51. The van der Waals surface area contributed by atoms with Gasteiger partial charge in [-0.15, -0.1) is 0 Å². The molecular weight excluding hydrogens is 394 g/mol. The Hall–Kier alpha value is -1.03. The van der Waals surface area contributed by atoms with Crippen LogP contribution in [0.25, 0.3) is 0 Å². The van der Waals surface area contributed by atoms with Gasteiger partial charge in [0.25, 0.3) is 0 Å². The molecule has 0 aliphatic heterocycles. The molecule has 3 aromatic carbocycles. The minimum atomic E-state index is -1.98. The Balaban J connectivity index is 0.00000147. The van der Waals surface area contributed by atoms with Crippen LogP contribution in [0, 0.1) is 0 Å². The van der Waals surface area contributed by atoms with Crippen LogP contribution in [0.3, 0.4) is 0 Å². The van der Waals surface area contributed by atoms with Gasteiger partial charge in [0.2, 0.25) is 0 Å². The van der Waals surface area contributed by atoms with Gasteiger partial charge in [-0.25, -0.2) is 0 Å². The normalized spacial score (nSPS) is 10.1. The quantitative estimate of drug-likeness (QED) is 0.583. The van der Waals surface area contributed by atoms with Gasteiger partial charge < -0.3 is 0 Å². The van der Waals surface area contributed by atoms with Gasteiger partial charge in [-0.05, 0) is 0 Å². The molecule has 2 radical (unpaired) electrons. The molecule has 2 heteroatoms. The van der Waals surface area contributed by atoms with E-state index in [9.17, 15) is 0 Å². The third-order valence-corrected chi connectivity index (χ3v) is 11.0. The van der Waals surface area contributed by atoms with E-state index in [0.29, 0.717) is 0 Å². The maximum atomic E-state index is 2.29. The Labute approximate surface area is 137 Å². The van der Waals surface area contributed by atoms with Crippen molar-refractivity contribution in [2.75, 3.05) is 0 Å². The van der Waals surface area contributed by atoms with Crippen molar-refractivity contribution in [3.05, 3.63) is 91.0 Å². The van der Waals surface area contributed by atoms with E-state index < -0.39 is 19.8 Å². The fourth-order valence-corrected chi connectivity index (χ4v) is 9.67. The van der Waals surface area contributed by atoms with Gasteiger partial charge in [-0.3, -0.25) is 0 Å². The van der Waals surface area contributed by atoms with Gasteiger partial charge in [0.15, 0.2) is 0 Å². The Morgan fingerprint density at radius 2 is 0.650 bits per heavy atom. The van der Waals surface area contributed by atoms with Crippen molar-refractivity contribution in [3.63, 3.8) is 0 Å². The molecule has 0 spiro atoms. The van der Waals surface area contributed by atoms with E-state index in [0.717, 1.165) is 0 Å². The van der Waals surface area contributed by atoms with Crippen LogP contribution in [0.5, 0.6) is 0 Å². The molecule has 20 heavy (non-hydrogen) atoms. The fourth-order valence-electron chi connectivity index (χ4n) is 2.31. The zero-order chi connectivity index (χ0) is 12.9. The van der Waals surface area contributed by atoms with Crippen molar-refractivity contribution in [2.45, 2.75) is 0 Å². The van der Waals surface area contributed by atoms with Crippen LogP contribution >= 0.6 is 0 Å². The second-order valence-corrected chi connectivity index (χ2v) is 11.6. The molecule has 0 saturated heterocycles. The standard InChI is InChI=1S/3C6H5.Co.Sn/c3*1-2-4-6-5-3-1;;/h3*1-5H;;. The van der Waals surface area contributed by atoms with E-state index in [1.54, 1.807) is 0 Å². The van der Waals surface area contributed by atoms with Crippen molar-refractivity contribution >= 4 is 30.5 Å². The Morgan fingerprint density at radius 1 is 0.400 bits per heavy atom. The van der Waals surface area contributed by atoms with E-state index in [-0.39, 0.29) is 16.8 Å². The molecule has 0 amide bonds. The molecular formula is C18H15CoSn. The zero-order valence-electron chi connectivity index (χ0n) is 11.0. The van der Waals surface area contributed by atoms with Gasteiger partial charge in [0, 0.05) is 16.8 Å². The van der Waals surface area contributed by atoms with Gasteiger partial charge in [-0.1, -0.05) is 0 Å². The van der Waals surface area contributed by atoms with Gasteiger partial charge in [-0.2, -0.15) is 0 Å². The van der Waals surface area contributed by atoms with Crippen molar-refractivity contribution in [1.29, 1.82) is 0 Å². The summed E-state index contributed by atoms with van der Waals surface area (Å²) < 4.78 is 4.59. The molecule has 100 valence electrons. The van der Waals surface area contributed by atoms with Crippen molar-refractivity contribution < 1.29 is 16.8 Å². The van der Waals surface area contributed by atoms with Crippen LogP contribution in [0.2, 0.25) is 0 Å². The summed E-state index contributed by atoms with van der Waals surface area (Å²) in [6, 6.07) is 32.9. The fraction of sp³-hybridized carbons (Fsp3) is 0. The summed E-state index contributed by atoms with van der Waals surface area (Å²) in [7, 11) is 0. The summed E-state index contributed by atoms with van der Waals surface area (Å²) in [5.41, 5.74) is 0. The first-order valence-corrected chi connectivity index (χ1v) is 10.8. The first-order valence-electron chi connectivity index (χ1n) is 6.48. The number of benzene rings is 3. The minimum absolute atomic E-state index is 0. The molecule has 0 atom stereocenters. The van der Waals surface area contributed by atoms with Gasteiger partial charge in [0.05, 0.1) is 0 Å². The average molecular weight is 409 g/mol. The summed E-state index contributed by atoms with van der Waals surface area (Å²) in [6.45, 7) is 0. The SMILES string of the molecule is [Co].c1cc[c]([Sn]([c]2ccccc2)[c]2ccccc2)cc1. The van der Waals surface area contributed by atoms with Gasteiger partial charge >= 0.3 is 121 Å². The molecule has 0 N–H and O–H groups in total. The predicted octanol–water partition coefficient (Wildman–Crippen LogP) is 2.20. The molecule has 0 saturated carbocycles. The van der Waals surface area contributed by atoms with Crippen LogP contribution < -0.4 is 10.7 Å². The van der Waals surface area contributed by atoms with E-state index in [1.165, 1.54) is 10.7 Å². The molecule has 3 rings (SSSR count). The summed E-state index contributed by atoms with van der Waals surface area (Å²) in [5.74, 6) is 0. The van der Waals surface area contributed by atoms with Crippen LogP contribution in [0.1, 0.15) is 0 Å². The summed E-state index contributed by atoms with van der Waals surface area (Å²) >= 11 is -1.98. The number of hydrogen-bond donors (Lipinski definition) is 0. The topological polar surface area (TPSA) is 0 Å². The first-order chi connectivity index (χ1) is 9.45. The first kappa shape index (κ1) is 15.4. The maximum absolute atomic E-state index is 2.29. The van der Waals surface area contributed by atoms with Crippen LogP contribution in [-0.2, 0) is 16.8 Å². The third-order valence-electron chi connectivity index (χ3n) is 3.19. The van der Waals surface area contributed by atoms with Crippen molar-refractivity contribution in [2.24, 2.45) is 0 Å². The Morgan fingerprint density at radius 3 is 0.900 bits per heavy atom. The van der Waals surface area contributed by atoms with Crippen molar-refractivity contribution in [3.8, 4) is 0 Å². The second-order valence-electron chi connectivity index (χ2n) is 4.47. The van der Waals surface area contributed by atoms with E-state index in [2.05, 4.69) is 91.0 Å². The molecule has 0 nitrogen and oxygen atoms in total. The summed E-state index contributed by atoms with van der Waals surface area (Å²) in [4.78, 5) is 0. The third kappa shape index (κ3) is 3.54. The van der Waals surface area contributed by atoms with Gasteiger partial charge in [0.1, 0.15) is 0 Å². The van der Waals surface area contributed by atoms with Crippen LogP contribution in [0.4, 0.5) is 0 Å². The van der Waals surface area contributed by atoms with E-state index in [1.807, 2.05) is 0 Å². The zero-order valence-corrected chi connectivity index (χ0v) is 14.9. The predicted molar refractivity (Wildman–Crippen MR) is 84.0 cm³/mol. The molecule has 0 fully saturated rings. The molecule has 0 heterocycles. The van der Waals surface area contributed by atoms with E-state index >= 15 is 0 Å². The molecule has 0 aliphatic rings. The summed E-state index contributed by atoms with van der Waals surface area (Å²) in [5, 5.41) is 0. The Bertz CT molecular complexity index is 529. The molecule has 0 unspecified atom stereocenters. The monoisotopic (exact) mass is 410 g/mol. The molecule has 0 aliphatic carbocycles. The van der Waals surface area contributed by atoms with Crippen LogP contribution in [-0.4, -0.2) is 19.8 Å². The molecule has 0 aromatic heterocycles.